The van der Waals surface area contributed by atoms with Gasteiger partial charge < -0.3 is 10.6 Å². The van der Waals surface area contributed by atoms with E-state index in [0.717, 1.165) is 50.1 Å². The molecule has 5 nitrogen and oxygen atoms in total. The molecule has 1 aliphatic heterocycles. The van der Waals surface area contributed by atoms with Gasteiger partial charge in [-0.05, 0) is 26.8 Å². The molecule has 1 aromatic rings. The van der Waals surface area contributed by atoms with E-state index in [1.54, 1.807) is 0 Å². The minimum Gasteiger partial charge on any atom is -0.338 e. The van der Waals surface area contributed by atoms with Crippen LogP contribution in [0.5, 0.6) is 0 Å². The highest BCUT2D eigenvalue weighted by Crippen LogP contribution is 2.23. The van der Waals surface area contributed by atoms with Gasteiger partial charge in [-0.25, -0.2) is 9.97 Å². The Kier molecular flexibility index (Phi) is 4.78. The standard InChI is InChI=1S/C17H31N5/c1-13-11-14(16(2,3)4)20-15(19-13)22-9-7-21(8-10-22)12-17(5,6)18/h11H,7-10,12,18H2,1-6H3. The van der Waals surface area contributed by atoms with Crippen molar-refractivity contribution in [2.75, 3.05) is 37.6 Å². The molecule has 0 bridgehead atoms. The number of anilines is 1. The Labute approximate surface area is 134 Å². The molecular weight excluding hydrogens is 274 g/mol. The molecule has 1 aromatic heterocycles. The zero-order chi connectivity index (χ0) is 16.5. The maximum Gasteiger partial charge on any atom is 0.225 e. The first-order valence-corrected chi connectivity index (χ1v) is 8.17. The van der Waals surface area contributed by atoms with Crippen molar-refractivity contribution in [2.45, 2.75) is 52.5 Å². The Morgan fingerprint density at radius 3 is 2.14 bits per heavy atom. The zero-order valence-electron chi connectivity index (χ0n) is 15.0. The van der Waals surface area contributed by atoms with Gasteiger partial charge in [0.1, 0.15) is 0 Å². The topological polar surface area (TPSA) is 58.3 Å². The van der Waals surface area contributed by atoms with Crippen molar-refractivity contribution in [3.05, 3.63) is 17.5 Å². The number of hydrogen-bond acceptors (Lipinski definition) is 5. The van der Waals surface area contributed by atoms with Crippen molar-refractivity contribution in [3.8, 4) is 0 Å². The van der Waals surface area contributed by atoms with Crippen LogP contribution >= 0.6 is 0 Å². The second-order valence-electron chi connectivity index (χ2n) is 8.20. The van der Waals surface area contributed by atoms with Gasteiger partial charge in [0.15, 0.2) is 0 Å². The van der Waals surface area contributed by atoms with E-state index in [9.17, 15) is 0 Å². The van der Waals surface area contributed by atoms with Crippen molar-refractivity contribution < 1.29 is 0 Å². The number of piperazine rings is 1. The quantitative estimate of drug-likeness (QED) is 0.925. The van der Waals surface area contributed by atoms with Crippen LogP contribution in [0.4, 0.5) is 5.95 Å². The van der Waals surface area contributed by atoms with E-state index in [4.69, 9.17) is 10.7 Å². The molecule has 2 N–H and O–H groups in total. The molecule has 124 valence electrons. The lowest BCUT2D eigenvalue weighted by Gasteiger charge is -2.38. The van der Waals surface area contributed by atoms with Gasteiger partial charge in [0.05, 0.1) is 5.69 Å². The van der Waals surface area contributed by atoms with Crippen LogP contribution < -0.4 is 10.6 Å². The van der Waals surface area contributed by atoms with Gasteiger partial charge in [0.25, 0.3) is 0 Å². The Bertz CT molecular complexity index is 505. The SMILES string of the molecule is Cc1cc(C(C)(C)C)nc(N2CCN(CC(C)(C)N)CC2)n1. The predicted octanol–water partition coefficient (Wildman–Crippen LogP) is 1.94. The first kappa shape index (κ1) is 17.2. The third-order valence-corrected chi connectivity index (χ3v) is 3.90. The molecular formula is C17H31N5. The van der Waals surface area contributed by atoms with E-state index in [2.05, 4.69) is 55.5 Å². The van der Waals surface area contributed by atoms with Gasteiger partial charge in [0, 0.05) is 49.4 Å². The molecule has 0 atom stereocenters. The van der Waals surface area contributed by atoms with E-state index in [1.165, 1.54) is 0 Å². The van der Waals surface area contributed by atoms with Crippen LogP contribution in [-0.2, 0) is 5.41 Å². The monoisotopic (exact) mass is 305 g/mol. The van der Waals surface area contributed by atoms with Crippen LogP contribution in [0.3, 0.4) is 0 Å². The minimum atomic E-state index is -0.137. The second-order valence-corrected chi connectivity index (χ2v) is 8.20. The van der Waals surface area contributed by atoms with Gasteiger partial charge in [-0.3, -0.25) is 4.90 Å². The molecule has 0 amide bonds. The van der Waals surface area contributed by atoms with Crippen LogP contribution in [0.25, 0.3) is 0 Å². The highest BCUT2D eigenvalue weighted by molar-refractivity contribution is 5.34. The van der Waals surface area contributed by atoms with Gasteiger partial charge in [-0.1, -0.05) is 20.8 Å². The molecule has 1 aliphatic rings. The van der Waals surface area contributed by atoms with E-state index < -0.39 is 0 Å². The van der Waals surface area contributed by atoms with Crippen LogP contribution in [0, 0.1) is 6.92 Å². The number of nitrogens with zero attached hydrogens (tertiary/aromatic N) is 4. The van der Waals surface area contributed by atoms with Gasteiger partial charge in [0.2, 0.25) is 5.95 Å². The summed E-state index contributed by atoms with van der Waals surface area (Å²) in [6.07, 6.45) is 0. The Hall–Kier alpha value is -1.20. The summed E-state index contributed by atoms with van der Waals surface area (Å²) in [5, 5.41) is 0. The number of aryl methyl sites for hydroxylation is 1. The van der Waals surface area contributed by atoms with E-state index in [-0.39, 0.29) is 11.0 Å². The largest absolute Gasteiger partial charge is 0.338 e. The van der Waals surface area contributed by atoms with Gasteiger partial charge >= 0.3 is 0 Å². The summed E-state index contributed by atoms with van der Waals surface area (Å²) < 4.78 is 0. The summed E-state index contributed by atoms with van der Waals surface area (Å²) in [5.74, 6) is 0.872. The van der Waals surface area contributed by atoms with Crippen molar-refractivity contribution in [2.24, 2.45) is 5.73 Å². The summed E-state index contributed by atoms with van der Waals surface area (Å²) >= 11 is 0. The highest BCUT2D eigenvalue weighted by Gasteiger charge is 2.24. The fraction of sp³-hybridized carbons (Fsp3) is 0.765. The van der Waals surface area contributed by atoms with E-state index in [0.29, 0.717) is 0 Å². The maximum absolute atomic E-state index is 6.12. The third kappa shape index (κ3) is 4.65. The normalized spacial score (nSPS) is 17.9. The van der Waals surface area contributed by atoms with E-state index >= 15 is 0 Å². The molecule has 22 heavy (non-hydrogen) atoms. The van der Waals surface area contributed by atoms with Gasteiger partial charge in [-0.2, -0.15) is 0 Å². The fourth-order valence-corrected chi connectivity index (χ4v) is 2.76. The lowest BCUT2D eigenvalue weighted by Crippen LogP contribution is -2.53. The summed E-state index contributed by atoms with van der Waals surface area (Å²) in [7, 11) is 0. The average Bonchev–Trinajstić information content (AvgIpc) is 2.36. The number of nitrogens with two attached hydrogens (primary N) is 1. The summed E-state index contributed by atoms with van der Waals surface area (Å²) in [5.41, 5.74) is 8.19. The van der Waals surface area contributed by atoms with Crippen LogP contribution in [-0.4, -0.2) is 53.1 Å². The first-order chi connectivity index (χ1) is 10.0. The zero-order valence-corrected chi connectivity index (χ0v) is 15.0. The Morgan fingerprint density at radius 2 is 1.64 bits per heavy atom. The molecule has 0 unspecified atom stereocenters. The molecule has 1 saturated heterocycles. The highest BCUT2D eigenvalue weighted by atomic mass is 15.3. The number of rotatable bonds is 3. The molecule has 2 rings (SSSR count). The molecule has 5 heteroatoms. The Balaban J connectivity index is 2.07. The maximum atomic E-state index is 6.12. The predicted molar refractivity (Wildman–Crippen MR) is 92.4 cm³/mol. The average molecular weight is 305 g/mol. The van der Waals surface area contributed by atoms with Crippen LogP contribution in [0.2, 0.25) is 0 Å². The summed E-state index contributed by atoms with van der Waals surface area (Å²) in [6.45, 7) is 17.7. The van der Waals surface area contributed by atoms with E-state index in [1.807, 2.05) is 6.92 Å². The molecule has 1 fully saturated rings. The molecule has 0 aliphatic carbocycles. The molecule has 0 spiro atoms. The van der Waals surface area contributed by atoms with Crippen LogP contribution in [0.15, 0.2) is 6.07 Å². The summed E-state index contributed by atoms with van der Waals surface area (Å²) in [6, 6.07) is 2.09. The van der Waals surface area contributed by atoms with Crippen molar-refractivity contribution >= 4 is 5.95 Å². The first-order valence-electron chi connectivity index (χ1n) is 8.17. The van der Waals surface area contributed by atoms with Crippen molar-refractivity contribution in [1.29, 1.82) is 0 Å². The smallest absolute Gasteiger partial charge is 0.225 e. The lowest BCUT2D eigenvalue weighted by molar-refractivity contribution is 0.213. The molecule has 0 radical (unpaired) electrons. The van der Waals surface area contributed by atoms with Crippen LogP contribution in [0.1, 0.15) is 46.0 Å². The van der Waals surface area contributed by atoms with Crippen molar-refractivity contribution in [1.82, 2.24) is 14.9 Å². The molecule has 0 saturated carbocycles. The summed E-state index contributed by atoms with van der Waals surface area (Å²) in [4.78, 5) is 14.2. The Morgan fingerprint density at radius 1 is 1.05 bits per heavy atom. The third-order valence-electron chi connectivity index (χ3n) is 3.90. The fourth-order valence-electron chi connectivity index (χ4n) is 2.76. The minimum absolute atomic E-state index is 0.0495. The lowest BCUT2D eigenvalue weighted by atomic mass is 9.91. The molecule has 2 heterocycles. The number of aromatic nitrogens is 2. The molecule has 0 aromatic carbocycles. The number of hydrogen-bond donors (Lipinski definition) is 1. The van der Waals surface area contributed by atoms with Crippen molar-refractivity contribution in [3.63, 3.8) is 0 Å². The second kappa shape index (κ2) is 6.13. The van der Waals surface area contributed by atoms with Gasteiger partial charge in [-0.15, -0.1) is 0 Å².